The number of nitrogens with zero attached hydrogens (tertiary/aromatic N) is 3. The van der Waals surface area contributed by atoms with E-state index >= 15 is 0 Å². The van der Waals surface area contributed by atoms with Gasteiger partial charge in [-0.15, -0.1) is 0 Å². The minimum atomic E-state index is -1.20. The number of carbonyl (C=O) groups excluding carboxylic acids is 1. The molecule has 0 aliphatic rings. The molecule has 1 aromatic carbocycles. The van der Waals surface area contributed by atoms with E-state index in [2.05, 4.69) is 15.6 Å². The number of nitrogens with one attached hydrogen (secondary N) is 1. The van der Waals surface area contributed by atoms with E-state index < -0.39 is 17.9 Å². The monoisotopic (exact) mass is 388 g/mol. The molecule has 0 aliphatic carbocycles. The number of rotatable bonds is 5. The molecule has 0 saturated heterocycles. The summed E-state index contributed by atoms with van der Waals surface area (Å²) in [5.41, 5.74) is 1.66. The topological polar surface area (TPSA) is 110 Å². The number of carboxylic acids is 1. The average Bonchev–Trinajstić information content (AvgIpc) is 3.20. The first-order chi connectivity index (χ1) is 12.8. The summed E-state index contributed by atoms with van der Waals surface area (Å²) in [5, 5.41) is 20.8. The van der Waals surface area contributed by atoms with Crippen molar-refractivity contribution in [2.75, 3.05) is 0 Å². The molecule has 0 bridgehead atoms. The van der Waals surface area contributed by atoms with Crippen LogP contribution in [0.15, 0.2) is 34.9 Å². The number of amides is 1. The van der Waals surface area contributed by atoms with Crippen LogP contribution in [0.25, 0.3) is 11.3 Å². The van der Waals surface area contributed by atoms with Crippen LogP contribution in [0.5, 0.6) is 0 Å². The van der Waals surface area contributed by atoms with Gasteiger partial charge in [0.05, 0.1) is 6.04 Å². The fraction of sp³-hybridized carbons (Fsp3) is 0.222. The van der Waals surface area contributed by atoms with Crippen molar-refractivity contribution in [3.63, 3.8) is 0 Å². The van der Waals surface area contributed by atoms with Crippen molar-refractivity contribution in [3.05, 3.63) is 58.1 Å². The van der Waals surface area contributed by atoms with Gasteiger partial charge in [-0.1, -0.05) is 28.9 Å². The fourth-order valence-corrected chi connectivity index (χ4v) is 2.74. The van der Waals surface area contributed by atoms with Crippen LogP contribution in [0.1, 0.15) is 45.3 Å². The molecular formula is C18H17ClN4O4. The van der Waals surface area contributed by atoms with Gasteiger partial charge >= 0.3 is 5.97 Å². The molecule has 27 heavy (non-hydrogen) atoms. The highest BCUT2D eigenvalue weighted by Crippen LogP contribution is 2.30. The van der Waals surface area contributed by atoms with E-state index in [1.807, 2.05) is 6.92 Å². The molecule has 9 heteroatoms. The van der Waals surface area contributed by atoms with Gasteiger partial charge in [0.15, 0.2) is 5.76 Å². The Morgan fingerprint density at radius 2 is 1.96 bits per heavy atom. The van der Waals surface area contributed by atoms with Crippen molar-refractivity contribution in [2.24, 2.45) is 7.05 Å². The molecule has 140 valence electrons. The van der Waals surface area contributed by atoms with Gasteiger partial charge in [-0.3, -0.25) is 9.48 Å². The van der Waals surface area contributed by atoms with Crippen LogP contribution < -0.4 is 5.32 Å². The summed E-state index contributed by atoms with van der Waals surface area (Å²) < 4.78 is 6.84. The van der Waals surface area contributed by atoms with Gasteiger partial charge in [-0.05, 0) is 32.0 Å². The Kier molecular flexibility index (Phi) is 5.00. The molecular weight excluding hydrogens is 372 g/mol. The number of hydrogen-bond acceptors (Lipinski definition) is 5. The molecule has 0 saturated carbocycles. The number of benzene rings is 1. The Morgan fingerprint density at radius 1 is 1.30 bits per heavy atom. The molecule has 0 spiro atoms. The maximum atomic E-state index is 12.4. The van der Waals surface area contributed by atoms with E-state index in [9.17, 15) is 14.7 Å². The summed E-state index contributed by atoms with van der Waals surface area (Å²) >= 11 is 5.87. The maximum Gasteiger partial charge on any atom is 0.341 e. The van der Waals surface area contributed by atoms with E-state index in [0.29, 0.717) is 10.6 Å². The van der Waals surface area contributed by atoms with E-state index in [0.717, 1.165) is 5.69 Å². The van der Waals surface area contributed by atoms with E-state index in [1.54, 1.807) is 49.0 Å². The zero-order valence-corrected chi connectivity index (χ0v) is 15.6. The third kappa shape index (κ3) is 3.70. The lowest BCUT2D eigenvalue weighted by Crippen LogP contribution is -2.27. The van der Waals surface area contributed by atoms with Gasteiger partial charge in [0.25, 0.3) is 5.91 Å². The minimum Gasteiger partial charge on any atom is -0.477 e. The van der Waals surface area contributed by atoms with Gasteiger partial charge < -0.3 is 14.9 Å². The van der Waals surface area contributed by atoms with Crippen LogP contribution in [0.4, 0.5) is 0 Å². The number of aryl methyl sites for hydroxylation is 2. The SMILES string of the molecule is Cc1cc(C(=O)N[C@H](C)c2onc(-c3ccc(Cl)cc3)c2C(=O)O)nn1C. The smallest absolute Gasteiger partial charge is 0.341 e. The summed E-state index contributed by atoms with van der Waals surface area (Å²) in [7, 11) is 1.73. The van der Waals surface area contributed by atoms with Crippen molar-refractivity contribution >= 4 is 23.5 Å². The normalized spacial score (nSPS) is 12.0. The van der Waals surface area contributed by atoms with Crippen LogP contribution in [0.2, 0.25) is 5.02 Å². The first-order valence-corrected chi connectivity index (χ1v) is 8.46. The Labute approximate surface area is 159 Å². The van der Waals surface area contributed by atoms with Gasteiger partial charge in [-0.2, -0.15) is 5.10 Å². The zero-order valence-electron chi connectivity index (χ0n) is 14.9. The molecule has 0 fully saturated rings. The van der Waals surface area contributed by atoms with Crippen molar-refractivity contribution in [1.82, 2.24) is 20.3 Å². The van der Waals surface area contributed by atoms with Crippen LogP contribution in [0.3, 0.4) is 0 Å². The van der Waals surface area contributed by atoms with E-state index in [4.69, 9.17) is 16.1 Å². The zero-order chi connectivity index (χ0) is 19.7. The standard InChI is InChI=1S/C18H17ClN4O4/c1-9-8-13(21-23(9)3)17(24)20-10(2)16-14(18(25)26)15(22-27-16)11-4-6-12(19)7-5-11/h4-8,10H,1-3H3,(H,20,24)(H,25,26)/t10-/m1/s1. The second-order valence-corrected chi connectivity index (χ2v) is 6.51. The first kappa shape index (κ1) is 18.7. The Morgan fingerprint density at radius 3 is 2.52 bits per heavy atom. The largest absolute Gasteiger partial charge is 0.477 e. The highest BCUT2D eigenvalue weighted by atomic mass is 35.5. The molecule has 0 aliphatic heterocycles. The number of aromatic carboxylic acids is 1. The lowest BCUT2D eigenvalue weighted by molar-refractivity contribution is 0.0692. The van der Waals surface area contributed by atoms with Gasteiger partial charge in [0.2, 0.25) is 0 Å². The highest BCUT2D eigenvalue weighted by molar-refractivity contribution is 6.30. The van der Waals surface area contributed by atoms with Crippen molar-refractivity contribution in [2.45, 2.75) is 19.9 Å². The van der Waals surface area contributed by atoms with Gasteiger partial charge in [0.1, 0.15) is 17.0 Å². The lowest BCUT2D eigenvalue weighted by Gasteiger charge is -2.10. The number of halogens is 1. The van der Waals surface area contributed by atoms with Crippen LogP contribution >= 0.6 is 11.6 Å². The third-order valence-electron chi connectivity index (χ3n) is 4.14. The number of aromatic nitrogens is 3. The highest BCUT2D eigenvalue weighted by Gasteiger charge is 2.28. The summed E-state index contributed by atoms with van der Waals surface area (Å²) in [4.78, 5) is 24.2. The van der Waals surface area contributed by atoms with Crippen LogP contribution in [0, 0.1) is 6.92 Å². The average molecular weight is 389 g/mol. The number of carboxylic acid groups (broad SMARTS) is 1. The predicted octanol–water partition coefficient (Wildman–Crippen LogP) is 3.23. The van der Waals surface area contributed by atoms with E-state index in [-0.39, 0.29) is 22.7 Å². The lowest BCUT2D eigenvalue weighted by atomic mass is 10.0. The molecule has 3 rings (SSSR count). The summed E-state index contributed by atoms with van der Waals surface area (Å²) in [6, 6.07) is 7.47. The Balaban J connectivity index is 1.90. The van der Waals surface area contributed by atoms with Gasteiger partial charge in [0, 0.05) is 23.3 Å². The quantitative estimate of drug-likeness (QED) is 0.694. The molecule has 2 heterocycles. The maximum absolute atomic E-state index is 12.4. The number of hydrogen-bond donors (Lipinski definition) is 2. The van der Waals surface area contributed by atoms with Gasteiger partial charge in [-0.25, -0.2) is 4.79 Å². The summed E-state index contributed by atoms with van der Waals surface area (Å²) in [5.74, 6) is -1.59. The van der Waals surface area contributed by atoms with Crippen LogP contribution in [-0.2, 0) is 7.05 Å². The van der Waals surface area contributed by atoms with Crippen molar-refractivity contribution in [3.8, 4) is 11.3 Å². The second kappa shape index (κ2) is 7.24. The Bertz CT molecular complexity index is 988. The van der Waals surface area contributed by atoms with E-state index in [1.165, 1.54) is 0 Å². The molecule has 0 unspecified atom stereocenters. The van der Waals surface area contributed by atoms with Crippen molar-refractivity contribution < 1.29 is 19.2 Å². The minimum absolute atomic E-state index is 0.0495. The Hall–Kier alpha value is -3.13. The fourth-order valence-electron chi connectivity index (χ4n) is 2.62. The molecule has 8 nitrogen and oxygen atoms in total. The molecule has 3 aromatic rings. The molecule has 0 radical (unpaired) electrons. The predicted molar refractivity (Wildman–Crippen MR) is 97.7 cm³/mol. The third-order valence-corrected chi connectivity index (χ3v) is 4.39. The molecule has 1 amide bonds. The van der Waals surface area contributed by atoms with Crippen LogP contribution in [-0.4, -0.2) is 31.9 Å². The van der Waals surface area contributed by atoms with Crippen molar-refractivity contribution in [1.29, 1.82) is 0 Å². The molecule has 2 N–H and O–H groups in total. The molecule has 1 atom stereocenters. The first-order valence-electron chi connectivity index (χ1n) is 8.08. The second-order valence-electron chi connectivity index (χ2n) is 6.07. The summed E-state index contributed by atoms with van der Waals surface area (Å²) in [6.07, 6.45) is 0. The number of carbonyl (C=O) groups is 2. The summed E-state index contributed by atoms with van der Waals surface area (Å²) in [6.45, 7) is 3.44. The molecule has 2 aromatic heterocycles.